The molecule has 0 bridgehead atoms. The molecule has 0 radical (unpaired) electrons. The molecular formula is C22H43P5. The Morgan fingerprint density at radius 1 is 0.519 bits per heavy atom. The van der Waals surface area contributed by atoms with Crippen LogP contribution in [0.3, 0.4) is 0 Å². The van der Waals surface area contributed by atoms with Crippen molar-refractivity contribution in [1.82, 2.24) is 0 Å². The smallest absolute Gasteiger partial charge is 0.0135 e. The first kappa shape index (κ1) is 26.4. The average molecular weight is 462 g/mol. The topological polar surface area (TPSA) is 0 Å². The van der Waals surface area contributed by atoms with Crippen LogP contribution in [0.5, 0.6) is 0 Å². The molecule has 0 N–H and O–H groups in total. The summed E-state index contributed by atoms with van der Waals surface area (Å²) in [6, 6.07) is 11.5. The molecule has 156 valence electrons. The van der Waals surface area contributed by atoms with Crippen molar-refractivity contribution in [2.75, 3.05) is 0 Å². The second-order valence-electron chi connectivity index (χ2n) is 11.2. The molecular weight excluding hydrogens is 419 g/mol. The largest absolute Gasteiger partial charge is 0.0680 e. The maximum absolute atomic E-state index is 2.48. The van der Waals surface area contributed by atoms with E-state index >= 15 is 0 Å². The molecule has 1 rings (SSSR count). The molecule has 0 fully saturated rings. The highest BCUT2D eigenvalue weighted by atomic mass is 32.7. The van der Waals surface area contributed by atoms with Crippen LogP contribution in [0, 0.1) is 0 Å². The van der Waals surface area contributed by atoms with E-state index in [1.807, 2.05) is 0 Å². The third kappa shape index (κ3) is 8.56. The lowest BCUT2D eigenvalue weighted by molar-refractivity contribution is 0.720. The highest BCUT2D eigenvalue weighted by Crippen LogP contribution is 2.94. The van der Waals surface area contributed by atoms with Gasteiger partial charge in [-0.2, -0.15) is 0 Å². The van der Waals surface area contributed by atoms with Gasteiger partial charge in [-0.25, -0.2) is 0 Å². The van der Waals surface area contributed by atoms with Crippen LogP contribution in [-0.2, 0) is 0 Å². The second kappa shape index (κ2) is 9.67. The minimum Gasteiger partial charge on any atom is -0.0680 e. The van der Waals surface area contributed by atoms with Gasteiger partial charge in [-0.05, 0) is 33.2 Å². The monoisotopic (exact) mass is 462 g/mol. The molecule has 0 saturated carbocycles. The van der Waals surface area contributed by atoms with Gasteiger partial charge in [-0.3, -0.25) is 0 Å². The van der Waals surface area contributed by atoms with Crippen molar-refractivity contribution in [1.29, 1.82) is 0 Å². The van der Waals surface area contributed by atoms with Crippen molar-refractivity contribution in [3.63, 3.8) is 0 Å². The fourth-order valence-corrected chi connectivity index (χ4v) is 43.5. The molecule has 2 unspecified atom stereocenters. The molecule has 0 aliphatic heterocycles. The zero-order valence-electron chi connectivity index (χ0n) is 19.7. The zero-order valence-corrected chi connectivity index (χ0v) is 24.4. The van der Waals surface area contributed by atoms with Crippen molar-refractivity contribution >= 4 is 43.7 Å². The van der Waals surface area contributed by atoms with Gasteiger partial charge in [0.2, 0.25) is 0 Å². The lowest BCUT2D eigenvalue weighted by atomic mass is 10.2. The van der Waals surface area contributed by atoms with Gasteiger partial charge in [-0.15, -0.1) is 0 Å². The molecule has 0 spiro atoms. The Hall–Kier alpha value is 1.37. The lowest BCUT2D eigenvalue weighted by Crippen LogP contribution is -2.23. The highest BCUT2D eigenvalue weighted by Gasteiger charge is 2.40. The fourth-order valence-electron chi connectivity index (χ4n) is 3.53. The van der Waals surface area contributed by atoms with Gasteiger partial charge in [-0.1, -0.05) is 145 Å². The molecule has 5 heteroatoms. The first-order valence-electron chi connectivity index (χ1n) is 9.92. The predicted octanol–water partition coefficient (Wildman–Crippen LogP) is 9.97. The molecule has 27 heavy (non-hydrogen) atoms. The fraction of sp³-hybridized carbons (Fsp3) is 0.727. The van der Waals surface area contributed by atoms with E-state index in [0.717, 1.165) is 15.9 Å². The number of hydrogen-bond donors (Lipinski definition) is 0. The third-order valence-corrected chi connectivity index (χ3v) is 35.7. The molecule has 0 aliphatic carbocycles. The second-order valence-corrected chi connectivity index (χ2v) is 31.0. The maximum Gasteiger partial charge on any atom is -0.0135 e. The van der Waals surface area contributed by atoms with E-state index < -0.39 is 0 Å². The molecule has 0 aliphatic rings. The number of benzene rings is 1. The van der Waals surface area contributed by atoms with E-state index in [1.165, 1.54) is 0 Å². The van der Waals surface area contributed by atoms with Gasteiger partial charge >= 0.3 is 0 Å². The molecule has 0 nitrogen and oxygen atoms in total. The van der Waals surface area contributed by atoms with E-state index in [-0.39, 0.29) is 22.5 Å². The average Bonchev–Trinajstić information content (AvgIpc) is 2.42. The highest BCUT2D eigenvalue weighted by molar-refractivity contribution is 8.80. The Labute approximate surface area is 177 Å². The van der Waals surface area contributed by atoms with Gasteiger partial charge in [0.1, 0.15) is 0 Å². The lowest BCUT2D eigenvalue weighted by Gasteiger charge is -2.46. The Bertz CT molecular complexity index is 508. The summed E-state index contributed by atoms with van der Waals surface area (Å²) in [5.41, 5.74) is 0. The van der Waals surface area contributed by atoms with E-state index in [4.69, 9.17) is 0 Å². The van der Waals surface area contributed by atoms with Crippen LogP contribution in [0.25, 0.3) is 0 Å². The summed E-state index contributed by atoms with van der Waals surface area (Å²) < 4.78 is 0. The summed E-state index contributed by atoms with van der Waals surface area (Å²) in [7, 11) is 2.06. The zero-order chi connectivity index (χ0) is 21.3. The minimum atomic E-state index is -0.0784. The number of rotatable bonds is 5. The van der Waals surface area contributed by atoms with Crippen molar-refractivity contribution in [2.45, 2.75) is 104 Å². The van der Waals surface area contributed by atoms with Crippen LogP contribution in [0.2, 0.25) is 0 Å². The quantitative estimate of drug-likeness (QED) is 0.382. The van der Waals surface area contributed by atoms with Crippen LogP contribution in [0.4, 0.5) is 0 Å². The van der Waals surface area contributed by atoms with E-state index in [9.17, 15) is 0 Å². The van der Waals surface area contributed by atoms with Crippen molar-refractivity contribution < 1.29 is 0 Å². The molecule has 0 heterocycles. The molecule has 0 amide bonds. The van der Waals surface area contributed by atoms with Gasteiger partial charge in [0.25, 0.3) is 0 Å². The summed E-state index contributed by atoms with van der Waals surface area (Å²) in [6.07, 6.45) is 0. The SMILES string of the molecule is CC(C)(C)P(PP(PP(C(C)(C)C)C(C)(C)C)c1ccccc1)C(C)(C)C. The van der Waals surface area contributed by atoms with Gasteiger partial charge in [0.05, 0.1) is 0 Å². The van der Waals surface area contributed by atoms with Crippen LogP contribution in [0.1, 0.15) is 83.1 Å². The summed E-state index contributed by atoms with van der Waals surface area (Å²) in [5, 5.41) is 3.30. The minimum absolute atomic E-state index is 0.0342. The Morgan fingerprint density at radius 3 is 1.07 bits per heavy atom. The molecule has 2 atom stereocenters. The van der Waals surface area contributed by atoms with Crippen LogP contribution < -0.4 is 5.30 Å². The van der Waals surface area contributed by atoms with Gasteiger partial charge in [0.15, 0.2) is 0 Å². The summed E-state index contributed by atoms with van der Waals surface area (Å²) in [4.78, 5) is 0. The van der Waals surface area contributed by atoms with Gasteiger partial charge < -0.3 is 0 Å². The maximum atomic E-state index is 2.48. The summed E-state index contributed by atoms with van der Waals surface area (Å²) in [5.74, 6) is 0. The molecule has 0 saturated heterocycles. The van der Waals surface area contributed by atoms with Gasteiger partial charge in [0, 0.05) is 0 Å². The number of hydrogen-bond acceptors (Lipinski definition) is 0. The summed E-state index contributed by atoms with van der Waals surface area (Å²) >= 11 is 0. The molecule has 1 aromatic carbocycles. The first-order chi connectivity index (χ1) is 11.9. The van der Waals surface area contributed by atoms with Crippen LogP contribution in [0.15, 0.2) is 30.3 Å². The third-order valence-electron chi connectivity index (χ3n) is 4.10. The Balaban J connectivity index is 3.33. The van der Waals surface area contributed by atoms with Crippen molar-refractivity contribution in [2.24, 2.45) is 0 Å². The van der Waals surface area contributed by atoms with E-state index in [1.54, 1.807) is 5.30 Å². The Kier molecular flexibility index (Phi) is 9.45. The van der Waals surface area contributed by atoms with Crippen molar-refractivity contribution in [3.8, 4) is 0 Å². The molecule has 1 aromatic rings. The normalized spacial score (nSPS) is 16.4. The predicted molar refractivity (Wildman–Crippen MR) is 142 cm³/mol. The van der Waals surface area contributed by atoms with Crippen molar-refractivity contribution in [3.05, 3.63) is 30.3 Å². The first-order valence-corrected chi connectivity index (χ1v) is 19.3. The summed E-state index contributed by atoms with van der Waals surface area (Å²) in [6.45, 7) is 29.8. The van der Waals surface area contributed by atoms with E-state index in [2.05, 4.69) is 113 Å². The van der Waals surface area contributed by atoms with Crippen LogP contribution in [-0.4, -0.2) is 20.6 Å². The molecule has 0 aromatic heterocycles. The standard InChI is InChI=1S/C22H43P5/c1-19(2,3)26(20(4,5)6)23-25(18-16-14-13-15-17-18)24-27(21(7,8)9)22(10,11)12/h13-17,23-24H,1-12H3. The van der Waals surface area contributed by atoms with Crippen LogP contribution >= 0.6 is 38.4 Å². The Morgan fingerprint density at radius 2 is 0.815 bits per heavy atom. The van der Waals surface area contributed by atoms with E-state index in [0.29, 0.717) is 20.6 Å².